The van der Waals surface area contributed by atoms with E-state index in [2.05, 4.69) is 20.8 Å². The van der Waals surface area contributed by atoms with Crippen molar-refractivity contribution in [2.45, 2.75) is 33.4 Å². The van der Waals surface area contributed by atoms with Crippen molar-refractivity contribution in [3.05, 3.63) is 41.5 Å². The maximum Gasteiger partial charge on any atom is 0.253 e. The zero-order valence-corrected chi connectivity index (χ0v) is 11.8. The van der Waals surface area contributed by atoms with Gasteiger partial charge in [-0.3, -0.25) is 4.79 Å². The van der Waals surface area contributed by atoms with Crippen molar-refractivity contribution in [1.29, 1.82) is 0 Å². The first-order valence-corrected chi connectivity index (χ1v) is 6.49. The Labute approximate surface area is 117 Å². The molecular weight excluding hydrogens is 256 g/mol. The Morgan fingerprint density at radius 3 is 2.75 bits per heavy atom. The molecule has 1 aromatic carbocycles. The first-order chi connectivity index (χ1) is 9.56. The van der Waals surface area contributed by atoms with Gasteiger partial charge in [-0.05, 0) is 26.0 Å². The molecule has 0 saturated heterocycles. The average Bonchev–Trinajstić information content (AvgIpc) is 2.82. The van der Waals surface area contributed by atoms with Crippen LogP contribution in [0.25, 0.3) is 0 Å². The number of carbonyl (C=O) groups is 1. The smallest absolute Gasteiger partial charge is 0.253 e. The fourth-order valence-electron chi connectivity index (χ4n) is 1.79. The number of carbonyl (C=O) groups excluding carboxylic acids is 1. The molecule has 0 aliphatic carbocycles. The maximum atomic E-state index is 12.2. The third-order valence-corrected chi connectivity index (χ3v) is 2.59. The monoisotopic (exact) mass is 274 g/mol. The summed E-state index contributed by atoms with van der Waals surface area (Å²) in [5.74, 6) is 0.775. The summed E-state index contributed by atoms with van der Waals surface area (Å²) in [6.07, 6.45) is 0. The molecule has 0 unspecified atom stereocenters. The second-order valence-electron chi connectivity index (χ2n) is 4.76. The third kappa shape index (κ3) is 3.57. The average molecular weight is 274 g/mol. The lowest BCUT2D eigenvalue weighted by Gasteiger charge is -2.14. The van der Waals surface area contributed by atoms with Crippen molar-refractivity contribution in [2.24, 2.45) is 0 Å². The SMILES string of the molecule is Cc1nc(CNC(=O)c2ccccc2NC(C)C)no1. The van der Waals surface area contributed by atoms with Crippen LogP contribution >= 0.6 is 0 Å². The lowest BCUT2D eigenvalue weighted by Crippen LogP contribution is -2.25. The van der Waals surface area contributed by atoms with Gasteiger partial charge in [-0.1, -0.05) is 17.3 Å². The lowest BCUT2D eigenvalue weighted by atomic mass is 10.1. The maximum absolute atomic E-state index is 12.2. The number of aryl methyl sites for hydroxylation is 1. The number of para-hydroxylation sites is 1. The Hall–Kier alpha value is -2.37. The fraction of sp³-hybridized carbons (Fsp3) is 0.357. The summed E-state index contributed by atoms with van der Waals surface area (Å²) in [6.45, 7) is 6.00. The summed E-state index contributed by atoms with van der Waals surface area (Å²) in [4.78, 5) is 16.2. The van der Waals surface area contributed by atoms with Crippen LogP contribution < -0.4 is 10.6 Å². The number of hydrogen-bond donors (Lipinski definition) is 2. The van der Waals surface area contributed by atoms with Crippen LogP contribution in [0.4, 0.5) is 5.69 Å². The Bertz CT molecular complexity index is 592. The van der Waals surface area contributed by atoms with E-state index in [1.807, 2.05) is 32.0 Å². The molecule has 1 aromatic heterocycles. The standard InChI is InChI=1S/C14H18N4O2/c1-9(2)16-12-7-5-4-6-11(12)14(19)15-8-13-17-10(3)20-18-13/h4-7,9,16H,8H2,1-3H3,(H,15,19). The molecule has 6 heteroatoms. The first kappa shape index (κ1) is 14.0. The van der Waals surface area contributed by atoms with E-state index >= 15 is 0 Å². The molecule has 2 aromatic rings. The summed E-state index contributed by atoms with van der Waals surface area (Å²) in [6, 6.07) is 7.64. The Balaban J connectivity index is 2.05. The third-order valence-electron chi connectivity index (χ3n) is 2.59. The van der Waals surface area contributed by atoms with Crippen LogP contribution in [0.5, 0.6) is 0 Å². The lowest BCUT2D eigenvalue weighted by molar-refractivity contribution is 0.0950. The Morgan fingerprint density at radius 1 is 1.35 bits per heavy atom. The molecular formula is C14H18N4O2. The minimum atomic E-state index is -0.170. The number of rotatable bonds is 5. The molecule has 6 nitrogen and oxygen atoms in total. The van der Waals surface area contributed by atoms with Gasteiger partial charge in [0.1, 0.15) is 0 Å². The van der Waals surface area contributed by atoms with E-state index in [9.17, 15) is 4.79 Å². The van der Waals surface area contributed by atoms with E-state index in [1.165, 1.54) is 0 Å². The molecule has 2 rings (SSSR count). The van der Waals surface area contributed by atoms with Crippen LogP contribution in [0, 0.1) is 6.92 Å². The first-order valence-electron chi connectivity index (χ1n) is 6.49. The van der Waals surface area contributed by atoms with Gasteiger partial charge in [0.25, 0.3) is 5.91 Å². The highest BCUT2D eigenvalue weighted by molar-refractivity contribution is 5.99. The van der Waals surface area contributed by atoms with Crippen LogP contribution in [0.1, 0.15) is 35.9 Å². The highest BCUT2D eigenvalue weighted by Crippen LogP contribution is 2.16. The number of aromatic nitrogens is 2. The van der Waals surface area contributed by atoms with Gasteiger partial charge < -0.3 is 15.2 Å². The van der Waals surface area contributed by atoms with Crippen molar-refractivity contribution < 1.29 is 9.32 Å². The number of nitrogens with one attached hydrogen (secondary N) is 2. The minimum Gasteiger partial charge on any atom is -0.382 e. The quantitative estimate of drug-likeness (QED) is 0.873. The normalized spacial score (nSPS) is 10.6. The van der Waals surface area contributed by atoms with Gasteiger partial charge in [-0.15, -0.1) is 0 Å². The fourth-order valence-corrected chi connectivity index (χ4v) is 1.79. The Kier molecular flexibility index (Phi) is 4.34. The molecule has 0 fully saturated rings. The summed E-state index contributed by atoms with van der Waals surface area (Å²) in [5.41, 5.74) is 1.41. The zero-order valence-electron chi connectivity index (χ0n) is 11.8. The second-order valence-corrected chi connectivity index (χ2v) is 4.76. The van der Waals surface area contributed by atoms with E-state index in [0.29, 0.717) is 17.3 Å². The molecule has 106 valence electrons. The number of benzene rings is 1. The van der Waals surface area contributed by atoms with Gasteiger partial charge in [-0.25, -0.2) is 0 Å². The Morgan fingerprint density at radius 2 is 2.10 bits per heavy atom. The van der Waals surface area contributed by atoms with E-state index < -0.39 is 0 Å². The van der Waals surface area contributed by atoms with E-state index in [0.717, 1.165) is 5.69 Å². The van der Waals surface area contributed by atoms with Gasteiger partial charge in [0.2, 0.25) is 5.89 Å². The predicted octanol–water partition coefficient (Wildman–Crippen LogP) is 2.13. The van der Waals surface area contributed by atoms with Crippen molar-refractivity contribution in [2.75, 3.05) is 5.32 Å². The van der Waals surface area contributed by atoms with Gasteiger partial charge >= 0.3 is 0 Å². The topological polar surface area (TPSA) is 80.0 Å². The summed E-state index contributed by atoms with van der Waals surface area (Å²) in [7, 11) is 0. The van der Waals surface area contributed by atoms with Gasteiger partial charge in [0.15, 0.2) is 5.82 Å². The highest BCUT2D eigenvalue weighted by atomic mass is 16.5. The van der Waals surface area contributed by atoms with Crippen LogP contribution in [0.15, 0.2) is 28.8 Å². The van der Waals surface area contributed by atoms with Crippen molar-refractivity contribution in [3.8, 4) is 0 Å². The number of nitrogens with zero attached hydrogens (tertiary/aromatic N) is 2. The van der Waals surface area contributed by atoms with Crippen LogP contribution in [-0.4, -0.2) is 22.1 Å². The van der Waals surface area contributed by atoms with Crippen LogP contribution in [0.2, 0.25) is 0 Å². The molecule has 0 saturated carbocycles. The van der Waals surface area contributed by atoms with Crippen molar-refractivity contribution in [3.63, 3.8) is 0 Å². The second kappa shape index (κ2) is 6.18. The van der Waals surface area contributed by atoms with Gasteiger partial charge in [0, 0.05) is 18.7 Å². The molecule has 0 spiro atoms. The van der Waals surface area contributed by atoms with Gasteiger partial charge in [-0.2, -0.15) is 4.98 Å². The number of anilines is 1. The molecule has 0 aliphatic heterocycles. The van der Waals surface area contributed by atoms with Crippen molar-refractivity contribution in [1.82, 2.24) is 15.5 Å². The van der Waals surface area contributed by atoms with E-state index in [1.54, 1.807) is 13.0 Å². The van der Waals surface area contributed by atoms with E-state index in [-0.39, 0.29) is 18.5 Å². The molecule has 0 radical (unpaired) electrons. The molecule has 0 bridgehead atoms. The molecule has 0 atom stereocenters. The summed E-state index contributed by atoms with van der Waals surface area (Å²) >= 11 is 0. The molecule has 2 N–H and O–H groups in total. The molecule has 1 heterocycles. The molecule has 0 aliphatic rings. The van der Waals surface area contributed by atoms with Crippen LogP contribution in [0.3, 0.4) is 0 Å². The highest BCUT2D eigenvalue weighted by Gasteiger charge is 2.12. The summed E-state index contributed by atoms with van der Waals surface area (Å²) < 4.78 is 4.85. The number of amides is 1. The molecule has 1 amide bonds. The van der Waals surface area contributed by atoms with Crippen molar-refractivity contribution >= 4 is 11.6 Å². The van der Waals surface area contributed by atoms with E-state index in [4.69, 9.17) is 4.52 Å². The van der Waals surface area contributed by atoms with Gasteiger partial charge in [0.05, 0.1) is 12.1 Å². The summed E-state index contributed by atoms with van der Waals surface area (Å²) in [5, 5.41) is 9.76. The predicted molar refractivity (Wildman–Crippen MR) is 75.4 cm³/mol. The number of hydrogen-bond acceptors (Lipinski definition) is 5. The minimum absolute atomic E-state index is 0.170. The van der Waals surface area contributed by atoms with Crippen LogP contribution in [-0.2, 0) is 6.54 Å². The largest absolute Gasteiger partial charge is 0.382 e. The molecule has 20 heavy (non-hydrogen) atoms. The zero-order chi connectivity index (χ0) is 14.5.